The fraction of sp³-hybridized carbons (Fsp3) is 0.538. The lowest BCUT2D eigenvalue weighted by Gasteiger charge is -2.22. The number of methoxy groups -OCH3 is 2. The molecule has 0 aliphatic carbocycles. The maximum absolute atomic E-state index is 12.8. The summed E-state index contributed by atoms with van der Waals surface area (Å²) < 4.78 is 35.9. The summed E-state index contributed by atoms with van der Waals surface area (Å²) in [4.78, 5) is 0. The molecule has 1 aromatic rings. The van der Waals surface area contributed by atoms with Crippen LogP contribution in [0.4, 0.5) is 8.78 Å². The van der Waals surface area contributed by atoms with E-state index in [1.165, 1.54) is 26.4 Å². The van der Waals surface area contributed by atoms with Gasteiger partial charge in [-0.2, -0.15) is 0 Å². The Bertz CT molecular complexity index is 414. The van der Waals surface area contributed by atoms with Crippen LogP contribution in [-0.4, -0.2) is 19.8 Å². The maximum atomic E-state index is 12.8. The van der Waals surface area contributed by atoms with Crippen molar-refractivity contribution in [1.29, 1.82) is 0 Å². The minimum Gasteiger partial charge on any atom is -0.493 e. The second kappa shape index (κ2) is 5.52. The minimum absolute atomic E-state index is 0.0908. The van der Waals surface area contributed by atoms with Gasteiger partial charge in [-0.1, -0.05) is 0 Å². The Balaban J connectivity index is 3.31. The summed E-state index contributed by atoms with van der Waals surface area (Å²) in [7, 11) is 2.90. The number of halogens is 2. The van der Waals surface area contributed by atoms with Crippen LogP contribution in [0.15, 0.2) is 12.1 Å². The predicted octanol–water partition coefficient (Wildman–Crippen LogP) is 2.92. The number of rotatable bonds is 5. The van der Waals surface area contributed by atoms with Crippen LogP contribution in [0.25, 0.3) is 0 Å². The Hall–Kier alpha value is -1.36. The minimum atomic E-state index is -2.55. The molecule has 0 spiro atoms. The standard InChI is InChI=1S/C13H19F2NO2/c1-13(2,16)7-9-5-8(12(14)15)6-10(17-3)11(9)18-4/h5-6,12H,7,16H2,1-4H3. The molecule has 0 aromatic heterocycles. The van der Waals surface area contributed by atoms with Crippen molar-refractivity contribution in [3.8, 4) is 11.5 Å². The third kappa shape index (κ3) is 3.57. The van der Waals surface area contributed by atoms with Crippen LogP contribution in [0.5, 0.6) is 11.5 Å². The summed E-state index contributed by atoms with van der Waals surface area (Å²) in [6.45, 7) is 3.65. The summed E-state index contributed by atoms with van der Waals surface area (Å²) in [5, 5.41) is 0. The summed E-state index contributed by atoms with van der Waals surface area (Å²) in [5.41, 5.74) is 5.94. The highest BCUT2D eigenvalue weighted by molar-refractivity contribution is 5.50. The molecule has 0 radical (unpaired) electrons. The van der Waals surface area contributed by atoms with Gasteiger partial charge in [0.1, 0.15) is 0 Å². The summed E-state index contributed by atoms with van der Waals surface area (Å²) in [5.74, 6) is 0.759. The first kappa shape index (κ1) is 14.7. The van der Waals surface area contributed by atoms with Crippen molar-refractivity contribution < 1.29 is 18.3 Å². The molecule has 0 atom stereocenters. The molecular formula is C13H19F2NO2. The van der Waals surface area contributed by atoms with Gasteiger partial charge in [-0.15, -0.1) is 0 Å². The lowest BCUT2D eigenvalue weighted by Crippen LogP contribution is -2.34. The Kier molecular flexibility index (Phi) is 4.51. The largest absolute Gasteiger partial charge is 0.493 e. The SMILES string of the molecule is COc1cc(C(F)F)cc(CC(C)(C)N)c1OC. The summed E-state index contributed by atoms with van der Waals surface area (Å²) >= 11 is 0. The first-order valence-corrected chi connectivity index (χ1v) is 5.60. The second-order valence-corrected chi connectivity index (χ2v) is 4.88. The van der Waals surface area contributed by atoms with Crippen LogP contribution < -0.4 is 15.2 Å². The average Bonchev–Trinajstić information content (AvgIpc) is 2.25. The molecule has 1 aromatic carbocycles. The maximum Gasteiger partial charge on any atom is 0.263 e. The van der Waals surface area contributed by atoms with Gasteiger partial charge < -0.3 is 15.2 Å². The quantitative estimate of drug-likeness (QED) is 0.884. The molecule has 1 rings (SSSR count). The van der Waals surface area contributed by atoms with E-state index in [1.807, 2.05) is 13.8 Å². The van der Waals surface area contributed by atoms with E-state index in [0.717, 1.165) is 0 Å². The van der Waals surface area contributed by atoms with E-state index in [1.54, 1.807) is 0 Å². The monoisotopic (exact) mass is 259 g/mol. The second-order valence-electron chi connectivity index (χ2n) is 4.88. The zero-order valence-corrected chi connectivity index (χ0v) is 11.1. The van der Waals surface area contributed by atoms with Gasteiger partial charge in [0, 0.05) is 16.7 Å². The normalized spacial score (nSPS) is 11.8. The number of nitrogens with two attached hydrogens (primary N) is 1. The zero-order valence-electron chi connectivity index (χ0n) is 11.1. The molecule has 0 saturated carbocycles. The third-order valence-corrected chi connectivity index (χ3v) is 2.48. The van der Waals surface area contributed by atoms with Crippen LogP contribution in [0.1, 0.15) is 31.4 Å². The summed E-state index contributed by atoms with van der Waals surface area (Å²) in [6.07, 6.45) is -2.13. The molecule has 18 heavy (non-hydrogen) atoms. The van der Waals surface area contributed by atoms with Crippen molar-refractivity contribution >= 4 is 0 Å². The Morgan fingerprint density at radius 2 is 1.83 bits per heavy atom. The lowest BCUT2D eigenvalue weighted by atomic mass is 9.94. The van der Waals surface area contributed by atoms with Crippen LogP contribution in [0.2, 0.25) is 0 Å². The van der Waals surface area contributed by atoms with Crippen molar-refractivity contribution in [1.82, 2.24) is 0 Å². The van der Waals surface area contributed by atoms with Crippen LogP contribution >= 0.6 is 0 Å². The van der Waals surface area contributed by atoms with E-state index < -0.39 is 12.0 Å². The van der Waals surface area contributed by atoms with E-state index >= 15 is 0 Å². The Morgan fingerprint density at radius 1 is 1.22 bits per heavy atom. The number of ether oxygens (including phenoxy) is 2. The molecule has 0 saturated heterocycles. The first-order chi connectivity index (χ1) is 8.28. The van der Waals surface area contributed by atoms with Gasteiger partial charge in [-0.25, -0.2) is 8.78 Å². The first-order valence-electron chi connectivity index (χ1n) is 5.60. The Morgan fingerprint density at radius 3 is 2.22 bits per heavy atom. The fourth-order valence-electron chi connectivity index (χ4n) is 1.82. The predicted molar refractivity (Wildman–Crippen MR) is 66.5 cm³/mol. The van der Waals surface area contributed by atoms with Crippen molar-refractivity contribution in [2.75, 3.05) is 14.2 Å². The molecule has 0 unspecified atom stereocenters. The molecule has 102 valence electrons. The number of benzene rings is 1. The lowest BCUT2D eigenvalue weighted by molar-refractivity contribution is 0.150. The Labute approximate surface area is 106 Å². The van der Waals surface area contributed by atoms with E-state index in [-0.39, 0.29) is 5.56 Å². The van der Waals surface area contributed by atoms with Crippen LogP contribution in [-0.2, 0) is 6.42 Å². The van der Waals surface area contributed by atoms with Gasteiger partial charge in [-0.3, -0.25) is 0 Å². The van der Waals surface area contributed by atoms with E-state index in [4.69, 9.17) is 15.2 Å². The molecule has 0 aliphatic rings. The number of alkyl halides is 2. The van der Waals surface area contributed by atoms with E-state index in [9.17, 15) is 8.78 Å². The molecular weight excluding hydrogens is 240 g/mol. The third-order valence-electron chi connectivity index (χ3n) is 2.48. The fourth-order valence-corrected chi connectivity index (χ4v) is 1.82. The summed E-state index contributed by atoms with van der Waals surface area (Å²) in [6, 6.07) is 2.71. The van der Waals surface area contributed by atoms with Gasteiger partial charge in [0.25, 0.3) is 6.43 Å². The number of hydrogen-bond donors (Lipinski definition) is 1. The molecule has 0 bridgehead atoms. The van der Waals surface area contributed by atoms with Gasteiger partial charge in [0.05, 0.1) is 14.2 Å². The van der Waals surface area contributed by atoms with Gasteiger partial charge in [0.15, 0.2) is 11.5 Å². The van der Waals surface area contributed by atoms with Crippen molar-refractivity contribution in [3.63, 3.8) is 0 Å². The van der Waals surface area contributed by atoms with Gasteiger partial charge in [-0.05, 0) is 32.4 Å². The van der Waals surface area contributed by atoms with E-state index in [2.05, 4.69) is 0 Å². The highest BCUT2D eigenvalue weighted by atomic mass is 19.3. The number of hydrogen-bond acceptors (Lipinski definition) is 3. The molecule has 0 amide bonds. The van der Waals surface area contributed by atoms with Crippen molar-refractivity contribution in [3.05, 3.63) is 23.3 Å². The zero-order chi connectivity index (χ0) is 13.9. The van der Waals surface area contributed by atoms with E-state index in [0.29, 0.717) is 23.5 Å². The van der Waals surface area contributed by atoms with Gasteiger partial charge >= 0.3 is 0 Å². The molecule has 0 heterocycles. The van der Waals surface area contributed by atoms with Crippen molar-refractivity contribution in [2.45, 2.75) is 32.2 Å². The smallest absolute Gasteiger partial charge is 0.263 e. The van der Waals surface area contributed by atoms with Crippen molar-refractivity contribution in [2.24, 2.45) is 5.73 Å². The topological polar surface area (TPSA) is 44.5 Å². The average molecular weight is 259 g/mol. The van der Waals surface area contributed by atoms with Gasteiger partial charge in [0.2, 0.25) is 0 Å². The highest BCUT2D eigenvalue weighted by Gasteiger charge is 2.21. The molecule has 0 fully saturated rings. The molecule has 2 N–H and O–H groups in total. The molecule has 3 nitrogen and oxygen atoms in total. The highest BCUT2D eigenvalue weighted by Crippen LogP contribution is 2.37. The van der Waals surface area contributed by atoms with Crippen LogP contribution in [0.3, 0.4) is 0 Å². The van der Waals surface area contributed by atoms with Crippen LogP contribution in [0, 0.1) is 0 Å². The molecule has 5 heteroatoms. The molecule has 0 aliphatic heterocycles.